The molecular formula is C18H18FN3O4. The van der Waals surface area contributed by atoms with Crippen LogP contribution in [0.1, 0.15) is 13.8 Å². The van der Waals surface area contributed by atoms with Gasteiger partial charge in [-0.05, 0) is 38.1 Å². The van der Waals surface area contributed by atoms with Crippen LogP contribution in [0.15, 0.2) is 41.7 Å². The molecule has 0 atom stereocenters. The highest BCUT2D eigenvalue weighted by atomic mass is 19.1. The van der Waals surface area contributed by atoms with Crippen LogP contribution in [0.25, 0.3) is 11.3 Å². The number of hydrogen-bond acceptors (Lipinski definition) is 7. The smallest absolute Gasteiger partial charge is 0.325 e. The molecule has 0 radical (unpaired) electrons. The van der Waals surface area contributed by atoms with E-state index in [2.05, 4.69) is 15.0 Å². The van der Waals surface area contributed by atoms with Crippen molar-refractivity contribution in [2.45, 2.75) is 13.8 Å². The Morgan fingerprint density at radius 3 is 2.31 bits per heavy atom. The lowest BCUT2D eigenvalue weighted by molar-refractivity contribution is -0.157. The number of ether oxygens (including phenoxy) is 2. The number of carbonyl (C=O) groups excluding carboxylic acids is 2. The molecule has 2 aromatic rings. The van der Waals surface area contributed by atoms with Gasteiger partial charge >= 0.3 is 11.9 Å². The Kier molecular flexibility index (Phi) is 6.90. The number of rotatable bonds is 7. The average Bonchev–Trinajstić information content (AvgIpc) is 2.64. The summed E-state index contributed by atoms with van der Waals surface area (Å²) in [5.41, 5.74) is 0.618. The van der Waals surface area contributed by atoms with Crippen molar-refractivity contribution in [2.75, 3.05) is 13.2 Å². The molecule has 0 N–H and O–H groups in total. The summed E-state index contributed by atoms with van der Waals surface area (Å²) in [4.78, 5) is 35.9. The Labute approximate surface area is 149 Å². The van der Waals surface area contributed by atoms with Crippen LogP contribution >= 0.6 is 0 Å². The summed E-state index contributed by atoms with van der Waals surface area (Å²) in [5.74, 6) is -3.25. The summed E-state index contributed by atoms with van der Waals surface area (Å²) in [6, 6.07) is 5.76. The van der Waals surface area contributed by atoms with E-state index in [9.17, 15) is 14.0 Å². The minimum absolute atomic E-state index is 0.0888. The zero-order chi connectivity index (χ0) is 18.9. The van der Waals surface area contributed by atoms with Gasteiger partial charge in [-0.2, -0.15) is 0 Å². The van der Waals surface area contributed by atoms with Crippen LogP contribution in [0.3, 0.4) is 0 Å². The molecule has 26 heavy (non-hydrogen) atoms. The van der Waals surface area contributed by atoms with Crippen LogP contribution in [-0.2, 0) is 19.1 Å². The molecule has 0 aliphatic heterocycles. The number of aliphatic imine (C=N–C) groups is 1. The van der Waals surface area contributed by atoms with Crippen LogP contribution in [-0.4, -0.2) is 41.3 Å². The van der Waals surface area contributed by atoms with Crippen LogP contribution in [0.4, 0.5) is 10.2 Å². The maximum atomic E-state index is 14.0. The highest BCUT2D eigenvalue weighted by molar-refractivity contribution is 6.09. The second-order valence-electron chi connectivity index (χ2n) is 5.00. The van der Waals surface area contributed by atoms with Gasteiger partial charge < -0.3 is 9.47 Å². The summed E-state index contributed by atoms with van der Waals surface area (Å²) >= 11 is 0. The maximum Gasteiger partial charge on any atom is 0.325 e. The summed E-state index contributed by atoms with van der Waals surface area (Å²) in [5, 5.41) is 0. The van der Waals surface area contributed by atoms with Crippen LogP contribution in [0.2, 0.25) is 0 Å². The van der Waals surface area contributed by atoms with Gasteiger partial charge in [0.05, 0.1) is 13.2 Å². The first kappa shape index (κ1) is 19.2. The van der Waals surface area contributed by atoms with Gasteiger partial charge in [0, 0.05) is 24.2 Å². The van der Waals surface area contributed by atoms with Gasteiger partial charge in [-0.1, -0.05) is 0 Å². The predicted octanol–water partition coefficient (Wildman–Crippen LogP) is 2.73. The summed E-state index contributed by atoms with van der Waals surface area (Å²) in [6.07, 6.45) is 4.13. The number of pyridine rings is 2. The van der Waals surface area contributed by atoms with E-state index < -0.39 is 23.7 Å². The van der Waals surface area contributed by atoms with Crippen molar-refractivity contribution in [3.8, 4) is 11.3 Å². The predicted molar refractivity (Wildman–Crippen MR) is 92.3 cm³/mol. The molecule has 136 valence electrons. The van der Waals surface area contributed by atoms with E-state index in [0.717, 1.165) is 6.21 Å². The third-order valence-corrected chi connectivity index (χ3v) is 3.22. The van der Waals surface area contributed by atoms with Crippen molar-refractivity contribution in [3.63, 3.8) is 0 Å². The fourth-order valence-corrected chi connectivity index (χ4v) is 2.05. The van der Waals surface area contributed by atoms with Gasteiger partial charge in [0.15, 0.2) is 11.7 Å². The molecule has 0 amide bonds. The largest absolute Gasteiger partial charge is 0.465 e. The number of halogens is 1. The van der Waals surface area contributed by atoms with E-state index in [0.29, 0.717) is 5.56 Å². The zero-order valence-corrected chi connectivity index (χ0v) is 14.4. The molecule has 0 fully saturated rings. The van der Waals surface area contributed by atoms with Crippen molar-refractivity contribution in [2.24, 2.45) is 10.9 Å². The standard InChI is InChI=1S/C18H18FN3O4/c1-3-25-17(23)13(18(24)26-4-2)11-21-15-6-5-14(19)16(22-15)12-7-9-20-10-8-12/h5-11,13H,3-4H2,1-2H3. The van der Waals surface area contributed by atoms with E-state index in [-0.39, 0.29) is 24.7 Å². The highest BCUT2D eigenvalue weighted by Crippen LogP contribution is 2.22. The molecule has 7 nitrogen and oxygen atoms in total. The minimum Gasteiger partial charge on any atom is -0.465 e. The molecule has 0 spiro atoms. The molecule has 0 saturated heterocycles. The van der Waals surface area contributed by atoms with E-state index in [1.165, 1.54) is 24.5 Å². The molecule has 8 heteroatoms. The second-order valence-corrected chi connectivity index (χ2v) is 5.00. The van der Waals surface area contributed by atoms with Gasteiger partial charge in [0.1, 0.15) is 11.5 Å². The average molecular weight is 359 g/mol. The normalized spacial score (nSPS) is 10.9. The molecule has 0 bridgehead atoms. The zero-order valence-electron chi connectivity index (χ0n) is 14.4. The second kappa shape index (κ2) is 9.36. The molecule has 0 aromatic carbocycles. The monoisotopic (exact) mass is 359 g/mol. The van der Waals surface area contributed by atoms with Crippen molar-refractivity contribution < 1.29 is 23.5 Å². The van der Waals surface area contributed by atoms with E-state index >= 15 is 0 Å². The van der Waals surface area contributed by atoms with Crippen molar-refractivity contribution in [1.29, 1.82) is 0 Å². The van der Waals surface area contributed by atoms with E-state index in [1.807, 2.05) is 0 Å². The first-order valence-corrected chi connectivity index (χ1v) is 8.01. The Morgan fingerprint density at radius 2 is 1.73 bits per heavy atom. The summed E-state index contributed by atoms with van der Waals surface area (Å²) < 4.78 is 23.7. The van der Waals surface area contributed by atoms with Crippen LogP contribution < -0.4 is 0 Å². The molecule has 2 heterocycles. The Hall–Kier alpha value is -3.16. The highest BCUT2D eigenvalue weighted by Gasteiger charge is 2.27. The van der Waals surface area contributed by atoms with E-state index in [1.54, 1.807) is 26.0 Å². The Morgan fingerprint density at radius 1 is 1.12 bits per heavy atom. The summed E-state index contributed by atoms with van der Waals surface area (Å²) in [6.45, 7) is 3.48. The maximum absolute atomic E-state index is 14.0. The fraction of sp³-hybridized carbons (Fsp3) is 0.278. The molecule has 2 rings (SSSR count). The Bertz CT molecular complexity index is 778. The number of hydrogen-bond donors (Lipinski definition) is 0. The quantitative estimate of drug-likeness (QED) is 0.429. The molecule has 0 aliphatic rings. The lowest BCUT2D eigenvalue weighted by Crippen LogP contribution is -2.29. The van der Waals surface area contributed by atoms with Gasteiger partial charge in [-0.25, -0.2) is 14.4 Å². The lowest BCUT2D eigenvalue weighted by atomic mass is 10.1. The van der Waals surface area contributed by atoms with Crippen LogP contribution in [0.5, 0.6) is 0 Å². The Balaban J connectivity index is 2.29. The topological polar surface area (TPSA) is 90.7 Å². The van der Waals surface area contributed by atoms with Crippen molar-refractivity contribution >= 4 is 24.0 Å². The minimum atomic E-state index is -1.31. The SMILES string of the molecule is CCOC(=O)C(C=Nc1ccc(F)c(-c2ccncc2)n1)C(=O)OCC. The van der Waals surface area contributed by atoms with Gasteiger partial charge in [0.2, 0.25) is 0 Å². The van der Waals surface area contributed by atoms with Crippen molar-refractivity contribution in [3.05, 3.63) is 42.5 Å². The van der Waals surface area contributed by atoms with Crippen molar-refractivity contribution in [1.82, 2.24) is 9.97 Å². The first-order valence-electron chi connectivity index (χ1n) is 8.01. The molecular weight excluding hydrogens is 341 g/mol. The van der Waals surface area contributed by atoms with E-state index in [4.69, 9.17) is 9.47 Å². The third-order valence-electron chi connectivity index (χ3n) is 3.22. The van der Waals surface area contributed by atoms with Gasteiger partial charge in [-0.3, -0.25) is 14.6 Å². The third kappa shape index (κ3) is 4.92. The number of nitrogens with zero attached hydrogens (tertiary/aromatic N) is 3. The van der Waals surface area contributed by atoms with Gasteiger partial charge in [0.25, 0.3) is 0 Å². The molecule has 0 aliphatic carbocycles. The lowest BCUT2D eigenvalue weighted by Gasteiger charge is -2.10. The van der Waals surface area contributed by atoms with Crippen LogP contribution in [0, 0.1) is 11.7 Å². The first-order chi connectivity index (χ1) is 12.6. The van der Waals surface area contributed by atoms with Gasteiger partial charge in [-0.15, -0.1) is 0 Å². The summed E-state index contributed by atoms with van der Waals surface area (Å²) in [7, 11) is 0. The molecule has 2 aromatic heterocycles. The molecule has 0 unspecified atom stereocenters. The molecule has 0 saturated carbocycles. The number of esters is 2. The number of aromatic nitrogens is 2. The fourth-order valence-electron chi connectivity index (χ4n) is 2.05. The number of carbonyl (C=O) groups is 2.